The molecule has 0 saturated heterocycles. The Morgan fingerprint density at radius 1 is 1.10 bits per heavy atom. The third kappa shape index (κ3) is 2.91. The lowest BCUT2D eigenvalue weighted by Gasteiger charge is -2.14. The van der Waals surface area contributed by atoms with Gasteiger partial charge in [-0.25, -0.2) is 4.98 Å². The monoisotopic (exact) mass is 267 g/mol. The van der Waals surface area contributed by atoms with Crippen LogP contribution in [0.5, 0.6) is 5.75 Å². The van der Waals surface area contributed by atoms with E-state index in [2.05, 4.69) is 15.3 Å². The maximum Gasteiger partial charge on any atom is 0.201 e. The van der Waals surface area contributed by atoms with Crippen molar-refractivity contribution >= 4 is 17.0 Å². The average Bonchev–Trinajstić information content (AvgIpc) is 2.89. The van der Waals surface area contributed by atoms with E-state index in [-0.39, 0.29) is 6.10 Å². The Kier molecular flexibility index (Phi) is 3.54. The van der Waals surface area contributed by atoms with E-state index in [1.54, 1.807) is 0 Å². The summed E-state index contributed by atoms with van der Waals surface area (Å²) in [5, 5.41) is 3.26. The summed E-state index contributed by atoms with van der Waals surface area (Å²) in [6.07, 6.45) is 0.0608. The molecule has 0 aliphatic carbocycles. The van der Waals surface area contributed by atoms with Crippen LogP contribution in [0.1, 0.15) is 6.92 Å². The second-order valence-corrected chi connectivity index (χ2v) is 4.72. The summed E-state index contributed by atoms with van der Waals surface area (Å²) in [5.41, 5.74) is 2.00. The highest BCUT2D eigenvalue weighted by atomic mass is 16.5. The summed E-state index contributed by atoms with van der Waals surface area (Å²) in [7, 11) is 0. The molecule has 1 heterocycles. The quantitative estimate of drug-likeness (QED) is 0.744. The average molecular weight is 267 g/mol. The Morgan fingerprint density at radius 2 is 1.85 bits per heavy atom. The minimum Gasteiger partial charge on any atom is -0.489 e. The number of benzene rings is 2. The molecule has 0 saturated carbocycles. The highest BCUT2D eigenvalue weighted by Gasteiger charge is 2.06. The smallest absolute Gasteiger partial charge is 0.201 e. The van der Waals surface area contributed by atoms with E-state index in [0.717, 1.165) is 22.7 Å². The molecule has 3 rings (SSSR count). The van der Waals surface area contributed by atoms with Crippen LogP contribution < -0.4 is 10.1 Å². The Labute approximate surface area is 117 Å². The molecule has 0 aliphatic rings. The van der Waals surface area contributed by atoms with Crippen LogP contribution in [0, 0.1) is 0 Å². The van der Waals surface area contributed by atoms with Gasteiger partial charge in [0.2, 0.25) is 5.95 Å². The second-order valence-electron chi connectivity index (χ2n) is 4.72. The topological polar surface area (TPSA) is 49.9 Å². The number of anilines is 1. The van der Waals surface area contributed by atoms with Crippen LogP contribution in [0.3, 0.4) is 0 Å². The largest absolute Gasteiger partial charge is 0.489 e. The molecule has 4 nitrogen and oxygen atoms in total. The molecule has 0 fully saturated rings. The van der Waals surface area contributed by atoms with Gasteiger partial charge in [0.25, 0.3) is 0 Å². The number of ether oxygens (including phenoxy) is 1. The van der Waals surface area contributed by atoms with E-state index in [1.807, 2.05) is 61.5 Å². The minimum atomic E-state index is 0.0608. The van der Waals surface area contributed by atoms with Crippen LogP contribution in [0.4, 0.5) is 5.95 Å². The van der Waals surface area contributed by atoms with E-state index in [9.17, 15) is 0 Å². The van der Waals surface area contributed by atoms with Gasteiger partial charge in [0.1, 0.15) is 11.9 Å². The minimum absolute atomic E-state index is 0.0608. The number of aromatic amines is 1. The number of nitrogens with zero attached hydrogens (tertiary/aromatic N) is 1. The van der Waals surface area contributed by atoms with Gasteiger partial charge in [0, 0.05) is 0 Å². The van der Waals surface area contributed by atoms with Gasteiger partial charge < -0.3 is 15.0 Å². The summed E-state index contributed by atoms with van der Waals surface area (Å²) in [6, 6.07) is 17.8. The van der Waals surface area contributed by atoms with Crippen molar-refractivity contribution in [2.24, 2.45) is 0 Å². The molecule has 1 aromatic heterocycles. The van der Waals surface area contributed by atoms with Crippen LogP contribution in [-0.2, 0) is 0 Å². The van der Waals surface area contributed by atoms with Crippen molar-refractivity contribution in [2.75, 3.05) is 11.9 Å². The molecule has 4 heteroatoms. The molecular weight excluding hydrogens is 250 g/mol. The molecule has 2 aromatic carbocycles. The number of imidazole rings is 1. The van der Waals surface area contributed by atoms with E-state index in [4.69, 9.17) is 4.74 Å². The van der Waals surface area contributed by atoms with E-state index >= 15 is 0 Å². The zero-order valence-electron chi connectivity index (χ0n) is 11.3. The summed E-state index contributed by atoms with van der Waals surface area (Å²) in [5.74, 6) is 1.65. The number of hydrogen-bond acceptors (Lipinski definition) is 3. The zero-order valence-corrected chi connectivity index (χ0v) is 11.3. The molecule has 0 aliphatic heterocycles. The number of rotatable bonds is 5. The van der Waals surface area contributed by atoms with E-state index in [0.29, 0.717) is 6.54 Å². The highest BCUT2D eigenvalue weighted by Crippen LogP contribution is 2.14. The molecule has 2 N–H and O–H groups in total. The standard InChI is InChI=1S/C16H17N3O/c1-12(20-13-7-3-2-4-8-13)11-17-16-18-14-9-5-6-10-15(14)19-16/h2-10,12H,11H2,1H3,(H2,17,18,19). The van der Waals surface area contributed by atoms with Gasteiger partial charge >= 0.3 is 0 Å². The number of para-hydroxylation sites is 3. The summed E-state index contributed by atoms with van der Waals surface area (Å²) in [4.78, 5) is 7.71. The van der Waals surface area contributed by atoms with Crippen molar-refractivity contribution in [1.82, 2.24) is 9.97 Å². The number of hydrogen-bond donors (Lipinski definition) is 2. The third-order valence-electron chi connectivity index (χ3n) is 3.03. The second kappa shape index (κ2) is 5.65. The lowest BCUT2D eigenvalue weighted by atomic mass is 10.3. The van der Waals surface area contributed by atoms with Gasteiger partial charge in [0.05, 0.1) is 17.6 Å². The lowest BCUT2D eigenvalue weighted by molar-refractivity contribution is 0.234. The first-order valence-electron chi connectivity index (χ1n) is 6.71. The van der Waals surface area contributed by atoms with Gasteiger partial charge in [-0.15, -0.1) is 0 Å². The first kappa shape index (κ1) is 12.5. The van der Waals surface area contributed by atoms with Crippen LogP contribution in [-0.4, -0.2) is 22.6 Å². The van der Waals surface area contributed by atoms with E-state index < -0.39 is 0 Å². The Morgan fingerprint density at radius 3 is 2.65 bits per heavy atom. The molecule has 1 unspecified atom stereocenters. The van der Waals surface area contributed by atoms with Crippen LogP contribution in [0.25, 0.3) is 11.0 Å². The van der Waals surface area contributed by atoms with Crippen molar-refractivity contribution in [3.8, 4) is 5.75 Å². The first-order valence-corrected chi connectivity index (χ1v) is 6.71. The lowest BCUT2D eigenvalue weighted by Crippen LogP contribution is -2.23. The van der Waals surface area contributed by atoms with Crippen molar-refractivity contribution in [1.29, 1.82) is 0 Å². The van der Waals surface area contributed by atoms with Crippen LogP contribution in [0.15, 0.2) is 54.6 Å². The third-order valence-corrected chi connectivity index (χ3v) is 3.03. The molecule has 102 valence electrons. The number of nitrogens with one attached hydrogen (secondary N) is 2. The van der Waals surface area contributed by atoms with Crippen LogP contribution >= 0.6 is 0 Å². The summed E-state index contributed by atoms with van der Waals surface area (Å²) in [6.45, 7) is 2.72. The van der Waals surface area contributed by atoms with E-state index in [1.165, 1.54) is 0 Å². The van der Waals surface area contributed by atoms with Crippen LogP contribution in [0.2, 0.25) is 0 Å². The maximum absolute atomic E-state index is 5.81. The normalized spacial score (nSPS) is 12.2. The van der Waals surface area contributed by atoms with Gasteiger partial charge in [-0.3, -0.25) is 0 Å². The summed E-state index contributed by atoms with van der Waals surface area (Å²) < 4.78 is 5.81. The highest BCUT2D eigenvalue weighted by molar-refractivity contribution is 5.77. The molecule has 3 aromatic rings. The first-order chi connectivity index (χ1) is 9.81. The molecule has 0 bridgehead atoms. The molecule has 1 atom stereocenters. The van der Waals surface area contributed by atoms with Crippen molar-refractivity contribution < 1.29 is 4.74 Å². The Balaban J connectivity index is 1.58. The van der Waals surface area contributed by atoms with Gasteiger partial charge in [-0.1, -0.05) is 30.3 Å². The number of fused-ring (bicyclic) bond motifs is 1. The number of aromatic nitrogens is 2. The Bertz CT molecular complexity index is 645. The van der Waals surface area contributed by atoms with Crippen molar-refractivity contribution in [3.05, 3.63) is 54.6 Å². The molecular formula is C16H17N3O. The fourth-order valence-corrected chi connectivity index (χ4v) is 2.05. The summed E-state index contributed by atoms with van der Waals surface area (Å²) >= 11 is 0. The maximum atomic E-state index is 5.81. The van der Waals surface area contributed by atoms with Crippen molar-refractivity contribution in [2.45, 2.75) is 13.0 Å². The molecule has 0 amide bonds. The molecule has 0 spiro atoms. The fourth-order valence-electron chi connectivity index (χ4n) is 2.05. The zero-order chi connectivity index (χ0) is 13.8. The number of H-pyrrole nitrogens is 1. The predicted molar refractivity (Wildman–Crippen MR) is 81.1 cm³/mol. The Hall–Kier alpha value is -2.49. The van der Waals surface area contributed by atoms with Gasteiger partial charge in [-0.2, -0.15) is 0 Å². The predicted octanol–water partition coefficient (Wildman–Crippen LogP) is 3.44. The fraction of sp³-hybridized carbons (Fsp3) is 0.188. The van der Waals surface area contributed by atoms with Crippen molar-refractivity contribution in [3.63, 3.8) is 0 Å². The molecule has 0 radical (unpaired) electrons. The van der Waals surface area contributed by atoms with Gasteiger partial charge in [-0.05, 0) is 31.2 Å². The van der Waals surface area contributed by atoms with Gasteiger partial charge in [0.15, 0.2) is 0 Å². The SMILES string of the molecule is CC(CNc1nc2ccccc2[nH]1)Oc1ccccc1. The molecule has 20 heavy (non-hydrogen) atoms.